The Bertz CT molecular complexity index is 715. The molecule has 0 aliphatic heterocycles. The molecular weight excluding hydrogens is 306 g/mol. The molecule has 0 fully saturated rings. The Labute approximate surface area is 132 Å². The van der Waals surface area contributed by atoms with Crippen LogP contribution in [0.25, 0.3) is 0 Å². The lowest BCUT2D eigenvalue weighted by Crippen LogP contribution is -2.20. The number of amides is 1. The Hall–Kier alpha value is -2.53. The monoisotopic (exact) mass is 319 g/mol. The third-order valence-electron chi connectivity index (χ3n) is 2.84. The highest BCUT2D eigenvalue weighted by molar-refractivity contribution is 6.32. The maximum atomic E-state index is 11.8. The second kappa shape index (κ2) is 6.95. The van der Waals surface area contributed by atoms with Crippen LogP contribution in [0.4, 0.5) is 5.69 Å². The second-order valence-electron chi connectivity index (χ2n) is 4.66. The minimum Gasteiger partial charge on any atom is -0.482 e. The summed E-state index contributed by atoms with van der Waals surface area (Å²) in [5.74, 6) is -1.15. The molecule has 0 unspecified atom stereocenters. The molecule has 22 heavy (non-hydrogen) atoms. The molecule has 1 amide bonds. The van der Waals surface area contributed by atoms with E-state index in [0.717, 1.165) is 5.56 Å². The summed E-state index contributed by atoms with van der Waals surface area (Å²) in [5.41, 5.74) is 1.77. The Morgan fingerprint density at radius 3 is 2.64 bits per heavy atom. The van der Waals surface area contributed by atoms with Gasteiger partial charge in [0, 0.05) is 5.69 Å². The van der Waals surface area contributed by atoms with Crippen molar-refractivity contribution in [2.75, 3.05) is 11.9 Å². The summed E-state index contributed by atoms with van der Waals surface area (Å²) in [6.45, 7) is 1.70. The zero-order valence-electron chi connectivity index (χ0n) is 11.8. The summed E-state index contributed by atoms with van der Waals surface area (Å²) < 4.78 is 5.30. The summed E-state index contributed by atoms with van der Waals surface area (Å²) >= 11 is 5.92. The molecule has 0 saturated carbocycles. The van der Waals surface area contributed by atoms with E-state index in [-0.39, 0.29) is 28.8 Å². The number of nitrogens with one attached hydrogen (secondary N) is 1. The third kappa shape index (κ3) is 4.23. The molecule has 0 saturated heterocycles. The van der Waals surface area contributed by atoms with Gasteiger partial charge in [-0.15, -0.1) is 0 Å². The van der Waals surface area contributed by atoms with E-state index in [1.807, 2.05) is 25.1 Å². The standard InChI is InChI=1S/C16H14ClNO4/c1-10-3-2-4-12(7-10)18-15(19)9-22-14-6-5-11(16(20)21)8-13(14)17/h2-8H,9H2,1H3,(H,18,19)(H,20,21). The average molecular weight is 320 g/mol. The molecule has 6 heteroatoms. The van der Waals surface area contributed by atoms with Crippen LogP contribution in [0.15, 0.2) is 42.5 Å². The van der Waals surface area contributed by atoms with Crippen molar-refractivity contribution in [1.29, 1.82) is 0 Å². The highest BCUT2D eigenvalue weighted by Gasteiger charge is 2.10. The smallest absolute Gasteiger partial charge is 0.335 e. The predicted molar refractivity (Wildman–Crippen MR) is 83.7 cm³/mol. The number of carboxylic acid groups (broad SMARTS) is 1. The number of carboxylic acids is 1. The van der Waals surface area contributed by atoms with E-state index in [2.05, 4.69) is 5.32 Å². The Kier molecular flexibility index (Phi) is 5.01. The van der Waals surface area contributed by atoms with E-state index in [0.29, 0.717) is 5.69 Å². The molecule has 0 aromatic heterocycles. The first-order valence-electron chi connectivity index (χ1n) is 6.48. The molecule has 0 heterocycles. The van der Waals surface area contributed by atoms with E-state index >= 15 is 0 Å². The van der Waals surface area contributed by atoms with Gasteiger partial charge in [0.25, 0.3) is 5.91 Å². The van der Waals surface area contributed by atoms with Crippen molar-refractivity contribution in [3.8, 4) is 5.75 Å². The highest BCUT2D eigenvalue weighted by atomic mass is 35.5. The van der Waals surface area contributed by atoms with Crippen LogP contribution in [0, 0.1) is 6.92 Å². The van der Waals surface area contributed by atoms with Crippen LogP contribution in [-0.4, -0.2) is 23.6 Å². The first-order valence-corrected chi connectivity index (χ1v) is 6.85. The summed E-state index contributed by atoms with van der Waals surface area (Å²) in [6, 6.07) is 11.4. The van der Waals surface area contributed by atoms with Crippen molar-refractivity contribution in [3.05, 3.63) is 58.6 Å². The van der Waals surface area contributed by atoms with Crippen LogP contribution < -0.4 is 10.1 Å². The van der Waals surface area contributed by atoms with Gasteiger partial charge in [-0.3, -0.25) is 4.79 Å². The van der Waals surface area contributed by atoms with Gasteiger partial charge in [-0.1, -0.05) is 23.7 Å². The fourth-order valence-electron chi connectivity index (χ4n) is 1.81. The zero-order valence-corrected chi connectivity index (χ0v) is 12.6. The molecule has 0 atom stereocenters. The zero-order chi connectivity index (χ0) is 16.1. The molecule has 0 spiro atoms. The molecule has 5 nitrogen and oxygen atoms in total. The second-order valence-corrected chi connectivity index (χ2v) is 5.06. The molecule has 2 rings (SSSR count). The number of carbonyl (C=O) groups excluding carboxylic acids is 1. The molecule has 114 valence electrons. The number of carbonyl (C=O) groups is 2. The van der Waals surface area contributed by atoms with E-state index in [9.17, 15) is 9.59 Å². The number of halogens is 1. The van der Waals surface area contributed by atoms with Gasteiger partial charge in [0.2, 0.25) is 0 Å². The molecule has 2 aromatic rings. The summed E-state index contributed by atoms with van der Waals surface area (Å²) in [6.07, 6.45) is 0. The fraction of sp³-hybridized carbons (Fsp3) is 0.125. The highest BCUT2D eigenvalue weighted by Crippen LogP contribution is 2.25. The first-order chi connectivity index (χ1) is 10.5. The number of aryl methyl sites for hydroxylation is 1. The van der Waals surface area contributed by atoms with Crippen molar-refractivity contribution in [2.45, 2.75) is 6.92 Å². The summed E-state index contributed by atoms with van der Waals surface area (Å²) in [4.78, 5) is 22.6. The van der Waals surface area contributed by atoms with Gasteiger partial charge in [0.05, 0.1) is 10.6 Å². The Morgan fingerprint density at radius 1 is 1.23 bits per heavy atom. The van der Waals surface area contributed by atoms with Gasteiger partial charge in [-0.2, -0.15) is 0 Å². The first kappa shape index (κ1) is 15.9. The summed E-state index contributed by atoms with van der Waals surface area (Å²) in [7, 11) is 0. The predicted octanol–water partition coefficient (Wildman–Crippen LogP) is 3.36. The van der Waals surface area contributed by atoms with Crippen molar-refractivity contribution in [3.63, 3.8) is 0 Å². The Balaban J connectivity index is 1.95. The number of hydrogen-bond donors (Lipinski definition) is 2. The van der Waals surface area contributed by atoms with E-state index < -0.39 is 5.97 Å². The van der Waals surface area contributed by atoms with E-state index in [1.54, 1.807) is 6.07 Å². The van der Waals surface area contributed by atoms with Crippen LogP contribution >= 0.6 is 11.6 Å². The number of anilines is 1. The minimum atomic E-state index is -1.08. The normalized spacial score (nSPS) is 10.1. The van der Waals surface area contributed by atoms with Crippen LogP contribution in [0.5, 0.6) is 5.75 Å². The molecule has 0 radical (unpaired) electrons. The SMILES string of the molecule is Cc1cccc(NC(=O)COc2ccc(C(=O)O)cc2Cl)c1. The number of ether oxygens (including phenoxy) is 1. The lowest BCUT2D eigenvalue weighted by atomic mass is 10.2. The largest absolute Gasteiger partial charge is 0.482 e. The van der Waals surface area contributed by atoms with Gasteiger partial charge in [-0.25, -0.2) is 4.79 Å². The van der Waals surface area contributed by atoms with Gasteiger partial charge in [0.1, 0.15) is 5.75 Å². The molecule has 0 bridgehead atoms. The molecule has 2 N–H and O–H groups in total. The Morgan fingerprint density at radius 2 is 2.00 bits per heavy atom. The maximum absolute atomic E-state index is 11.8. The number of hydrogen-bond acceptors (Lipinski definition) is 3. The average Bonchev–Trinajstić information content (AvgIpc) is 2.45. The number of rotatable bonds is 5. The molecular formula is C16H14ClNO4. The topological polar surface area (TPSA) is 75.6 Å². The molecule has 2 aromatic carbocycles. The van der Waals surface area contributed by atoms with Crippen LogP contribution in [0.1, 0.15) is 15.9 Å². The van der Waals surface area contributed by atoms with Gasteiger partial charge in [0.15, 0.2) is 6.61 Å². The van der Waals surface area contributed by atoms with Crippen LogP contribution in [0.2, 0.25) is 5.02 Å². The quantitative estimate of drug-likeness (QED) is 0.886. The van der Waals surface area contributed by atoms with Crippen LogP contribution in [0.3, 0.4) is 0 Å². The maximum Gasteiger partial charge on any atom is 0.335 e. The molecule has 0 aliphatic rings. The minimum absolute atomic E-state index is 0.0570. The summed E-state index contributed by atoms with van der Waals surface area (Å²) in [5, 5.41) is 11.7. The lowest BCUT2D eigenvalue weighted by Gasteiger charge is -2.09. The van der Waals surface area contributed by atoms with Crippen molar-refractivity contribution >= 4 is 29.2 Å². The van der Waals surface area contributed by atoms with Gasteiger partial charge in [-0.05, 0) is 42.8 Å². The third-order valence-corrected chi connectivity index (χ3v) is 3.13. The lowest BCUT2D eigenvalue weighted by molar-refractivity contribution is -0.118. The van der Waals surface area contributed by atoms with E-state index in [1.165, 1.54) is 18.2 Å². The molecule has 0 aliphatic carbocycles. The van der Waals surface area contributed by atoms with Crippen LogP contribution in [-0.2, 0) is 4.79 Å². The number of aromatic carboxylic acids is 1. The van der Waals surface area contributed by atoms with Crippen molar-refractivity contribution in [2.24, 2.45) is 0 Å². The van der Waals surface area contributed by atoms with Crippen molar-refractivity contribution in [1.82, 2.24) is 0 Å². The fourth-order valence-corrected chi connectivity index (χ4v) is 2.05. The van der Waals surface area contributed by atoms with Gasteiger partial charge < -0.3 is 15.2 Å². The van der Waals surface area contributed by atoms with E-state index in [4.69, 9.17) is 21.4 Å². The van der Waals surface area contributed by atoms with Crippen molar-refractivity contribution < 1.29 is 19.4 Å². The van der Waals surface area contributed by atoms with Gasteiger partial charge >= 0.3 is 5.97 Å². The number of benzene rings is 2.